The van der Waals surface area contributed by atoms with Gasteiger partial charge in [-0.25, -0.2) is 4.98 Å². The molecule has 0 aliphatic rings. The summed E-state index contributed by atoms with van der Waals surface area (Å²) in [5.41, 5.74) is -0.393. The summed E-state index contributed by atoms with van der Waals surface area (Å²) >= 11 is 0. The summed E-state index contributed by atoms with van der Waals surface area (Å²) in [7, 11) is -7.71. The van der Waals surface area contributed by atoms with Crippen LogP contribution >= 0.6 is 15.2 Å². The van der Waals surface area contributed by atoms with Crippen LogP contribution in [0.2, 0.25) is 0 Å². The monoisotopic (exact) mass is 440 g/mol. The van der Waals surface area contributed by atoms with Gasteiger partial charge in [0.15, 0.2) is 0 Å². The van der Waals surface area contributed by atoms with E-state index in [-0.39, 0.29) is 85.5 Å². The number of hydrogen-bond donors (Lipinski definition) is 1. The van der Waals surface area contributed by atoms with Gasteiger partial charge in [0.05, 0.1) is 26.4 Å². The molecule has 0 fully saturated rings. The maximum absolute atomic E-state index is 13.3. The average molecular weight is 440 g/mol. The number of hydrogen-bond acceptors (Lipinski definition) is 8. The second-order valence-corrected chi connectivity index (χ2v) is 9.62. The summed E-state index contributed by atoms with van der Waals surface area (Å²) < 4.78 is 48.2. The van der Waals surface area contributed by atoms with Gasteiger partial charge in [-0.1, -0.05) is 0 Å². The normalized spacial score (nSPS) is 11.6. The fourth-order valence-corrected chi connectivity index (χ4v) is 7.08. The Hall–Kier alpha value is 1.25. The molecule has 12 heteroatoms. The Labute approximate surface area is 206 Å². The second kappa shape index (κ2) is 15.1. The first-order valence-electron chi connectivity index (χ1n) is 8.31. The van der Waals surface area contributed by atoms with Crippen molar-refractivity contribution in [2.45, 2.75) is 40.1 Å². The third kappa shape index (κ3) is 9.29. The molecule has 0 unspecified atom stereocenters. The zero-order valence-electron chi connectivity index (χ0n) is 17.4. The van der Waals surface area contributed by atoms with Gasteiger partial charge >= 0.3 is 15.2 Å². The number of nitrogens with one attached hydrogen (secondary N) is 1. The fourth-order valence-electron chi connectivity index (χ4n) is 2.16. The van der Waals surface area contributed by atoms with Crippen molar-refractivity contribution in [3.63, 3.8) is 0 Å². The standard InChI is InChI=1S/C15H28N2O6P2.2Na/c1-6-20-24(18,21-7-2)15(25(19,22-8-3)23-9-4)17-14-12-13(5)10-11-16-14;;/h10-12,15H,6-9H2,1-5H3,(H,16,17);;. The van der Waals surface area contributed by atoms with E-state index in [0.717, 1.165) is 5.56 Å². The Morgan fingerprint density at radius 2 is 1.33 bits per heavy atom. The Morgan fingerprint density at radius 3 is 1.67 bits per heavy atom. The van der Waals surface area contributed by atoms with Crippen molar-refractivity contribution in [1.29, 1.82) is 0 Å². The molecular weight excluding hydrogens is 412 g/mol. The maximum atomic E-state index is 13.3. The van der Waals surface area contributed by atoms with E-state index in [2.05, 4.69) is 10.3 Å². The van der Waals surface area contributed by atoms with Crippen molar-refractivity contribution in [2.75, 3.05) is 31.7 Å². The summed E-state index contributed by atoms with van der Waals surface area (Å²) in [6.07, 6.45) is 1.59. The predicted molar refractivity (Wildman–Crippen MR) is 110 cm³/mol. The molecule has 0 spiro atoms. The molecular formula is C15H28N2Na2O6P2. The zero-order valence-corrected chi connectivity index (χ0v) is 23.2. The van der Waals surface area contributed by atoms with Gasteiger partial charge in [0, 0.05) is 65.3 Å². The molecule has 8 nitrogen and oxygen atoms in total. The van der Waals surface area contributed by atoms with Crippen LogP contribution in [0.15, 0.2) is 18.3 Å². The number of rotatable bonds is 12. The van der Waals surface area contributed by atoms with Gasteiger partial charge in [-0.3, -0.25) is 9.13 Å². The predicted octanol–water partition coefficient (Wildman–Crippen LogP) is 3.86. The quantitative estimate of drug-likeness (QED) is 0.387. The number of pyridine rings is 1. The summed E-state index contributed by atoms with van der Waals surface area (Å²) in [4.78, 5) is 4.17. The topological polar surface area (TPSA) is 96.0 Å². The minimum absolute atomic E-state index is 0. The van der Waals surface area contributed by atoms with E-state index >= 15 is 0 Å². The molecule has 0 aliphatic heterocycles. The first-order valence-corrected chi connectivity index (χ1v) is 11.5. The van der Waals surface area contributed by atoms with Crippen LogP contribution in [-0.4, -0.2) is 96.1 Å². The van der Waals surface area contributed by atoms with Crippen molar-refractivity contribution < 1.29 is 27.2 Å². The largest absolute Gasteiger partial charge is 0.365 e. The van der Waals surface area contributed by atoms with E-state index in [9.17, 15) is 9.13 Å². The molecule has 0 amide bonds. The molecule has 1 aromatic heterocycles. The van der Waals surface area contributed by atoms with E-state index < -0.39 is 20.7 Å². The first kappa shape index (κ1) is 30.4. The van der Waals surface area contributed by atoms with Crippen LogP contribution in [0, 0.1) is 6.92 Å². The number of aromatic nitrogens is 1. The number of aryl methyl sites for hydroxylation is 1. The Morgan fingerprint density at radius 1 is 0.926 bits per heavy atom. The number of nitrogens with zero attached hydrogens (tertiary/aromatic N) is 1. The van der Waals surface area contributed by atoms with Crippen molar-refractivity contribution in [3.8, 4) is 0 Å². The molecule has 1 aromatic rings. The van der Waals surface area contributed by atoms with Crippen LogP contribution in [0.25, 0.3) is 0 Å². The summed E-state index contributed by atoms with van der Waals surface area (Å²) in [5.74, 6) is 0.379. The fraction of sp³-hybridized carbons (Fsp3) is 0.667. The van der Waals surface area contributed by atoms with Gasteiger partial charge in [-0.15, -0.1) is 0 Å². The zero-order chi connectivity index (χ0) is 18.9. The van der Waals surface area contributed by atoms with E-state index in [1.807, 2.05) is 13.0 Å². The third-order valence-electron chi connectivity index (χ3n) is 3.03. The van der Waals surface area contributed by atoms with Gasteiger partial charge in [0.25, 0.3) is 0 Å². The maximum Gasteiger partial charge on any atom is 0.365 e. The molecule has 2 radical (unpaired) electrons. The van der Waals surface area contributed by atoms with Crippen molar-refractivity contribution >= 4 is 80.1 Å². The van der Waals surface area contributed by atoms with Crippen molar-refractivity contribution in [3.05, 3.63) is 23.9 Å². The molecule has 1 rings (SSSR count). The van der Waals surface area contributed by atoms with Crippen LogP contribution in [0.4, 0.5) is 5.82 Å². The van der Waals surface area contributed by atoms with Crippen LogP contribution < -0.4 is 5.32 Å². The van der Waals surface area contributed by atoms with Crippen LogP contribution in [0.1, 0.15) is 33.3 Å². The first-order chi connectivity index (χ1) is 11.8. The van der Waals surface area contributed by atoms with E-state index in [1.165, 1.54) is 0 Å². The minimum Gasteiger partial charge on any atom is -0.346 e. The Kier molecular flexibility index (Phi) is 17.0. The smallest absolute Gasteiger partial charge is 0.346 e. The molecule has 0 bridgehead atoms. The summed E-state index contributed by atoms with van der Waals surface area (Å²) in [5, 5.41) is 2.90. The molecule has 0 saturated carbocycles. The molecule has 27 heavy (non-hydrogen) atoms. The Balaban J connectivity index is 0. The second-order valence-electron chi connectivity index (χ2n) is 4.99. The van der Waals surface area contributed by atoms with E-state index in [4.69, 9.17) is 18.1 Å². The average Bonchev–Trinajstić information content (AvgIpc) is 2.53. The Bertz CT molecular complexity index is 588. The molecule has 1 heterocycles. The van der Waals surface area contributed by atoms with Gasteiger partial charge in [-0.05, 0) is 52.3 Å². The van der Waals surface area contributed by atoms with E-state index in [0.29, 0.717) is 5.82 Å². The van der Waals surface area contributed by atoms with Crippen molar-refractivity contribution in [1.82, 2.24) is 4.98 Å². The van der Waals surface area contributed by atoms with Gasteiger partial charge in [-0.2, -0.15) is 0 Å². The molecule has 0 aliphatic carbocycles. The molecule has 1 N–H and O–H groups in total. The minimum atomic E-state index is -3.86. The van der Waals surface area contributed by atoms with E-state index in [1.54, 1.807) is 40.0 Å². The number of anilines is 1. The molecule has 0 aromatic carbocycles. The third-order valence-corrected chi connectivity index (χ3v) is 8.65. The van der Waals surface area contributed by atoms with Crippen LogP contribution in [0.3, 0.4) is 0 Å². The molecule has 0 atom stereocenters. The van der Waals surface area contributed by atoms with Crippen molar-refractivity contribution in [2.24, 2.45) is 0 Å². The van der Waals surface area contributed by atoms with Gasteiger partial charge in [0.1, 0.15) is 5.82 Å². The van der Waals surface area contributed by atoms with Gasteiger partial charge in [0.2, 0.25) is 5.52 Å². The molecule has 146 valence electrons. The van der Waals surface area contributed by atoms with Gasteiger partial charge < -0.3 is 23.4 Å². The molecule has 0 saturated heterocycles. The summed E-state index contributed by atoms with van der Waals surface area (Å²) in [6.45, 7) is 9.09. The van der Waals surface area contributed by atoms with Crippen LogP contribution in [-0.2, 0) is 27.2 Å². The summed E-state index contributed by atoms with van der Waals surface area (Å²) in [6, 6.07) is 3.55. The van der Waals surface area contributed by atoms with Crippen LogP contribution in [0.5, 0.6) is 0 Å². The SMILES string of the molecule is CCOP(=O)(OCC)C(Nc1cc(C)ccn1)P(=O)(OCC)OCC.[Na].[Na].